The van der Waals surface area contributed by atoms with Crippen molar-refractivity contribution in [2.75, 3.05) is 7.05 Å². The number of hydrazone groups is 1. The van der Waals surface area contributed by atoms with Crippen molar-refractivity contribution in [2.24, 2.45) is 11.0 Å². The maximum Gasteiger partial charge on any atom is 0.0792 e. The molecule has 2 unspecified atom stereocenters. The molecule has 0 N–H and O–H groups in total. The Kier molecular flexibility index (Phi) is 2.05. The molecule has 0 fully saturated rings. The van der Waals surface area contributed by atoms with Gasteiger partial charge in [-0.15, -0.1) is 0 Å². The molecule has 68 valence electrons. The monoisotopic (exact) mass is 174 g/mol. The van der Waals surface area contributed by atoms with Crippen molar-refractivity contribution < 1.29 is 0 Å². The van der Waals surface area contributed by atoms with Gasteiger partial charge in [-0.05, 0) is 5.56 Å². The Labute approximate surface area is 78.9 Å². The van der Waals surface area contributed by atoms with Gasteiger partial charge >= 0.3 is 0 Å². The maximum absolute atomic E-state index is 4.28. The van der Waals surface area contributed by atoms with Gasteiger partial charge in [0.05, 0.1) is 6.04 Å². The quantitative estimate of drug-likeness (QED) is 0.637. The van der Waals surface area contributed by atoms with Gasteiger partial charge in [-0.25, -0.2) is 0 Å². The fourth-order valence-corrected chi connectivity index (χ4v) is 1.87. The molecule has 1 aliphatic heterocycles. The molecule has 1 aliphatic rings. The van der Waals surface area contributed by atoms with E-state index in [1.165, 1.54) is 5.56 Å². The number of benzene rings is 1. The van der Waals surface area contributed by atoms with E-state index < -0.39 is 0 Å². The van der Waals surface area contributed by atoms with Crippen molar-refractivity contribution in [3.8, 4) is 0 Å². The summed E-state index contributed by atoms with van der Waals surface area (Å²) in [6, 6.07) is 10.9. The summed E-state index contributed by atoms with van der Waals surface area (Å²) in [5, 5.41) is 6.31. The summed E-state index contributed by atoms with van der Waals surface area (Å²) in [6.07, 6.45) is 2.01. The van der Waals surface area contributed by atoms with Gasteiger partial charge in [0.25, 0.3) is 0 Å². The highest BCUT2D eigenvalue weighted by Crippen LogP contribution is 2.30. The Morgan fingerprint density at radius 2 is 1.92 bits per heavy atom. The molecule has 0 aliphatic carbocycles. The molecule has 0 saturated carbocycles. The Morgan fingerprint density at radius 3 is 2.46 bits per heavy atom. The highest BCUT2D eigenvalue weighted by molar-refractivity contribution is 5.63. The van der Waals surface area contributed by atoms with E-state index in [2.05, 4.69) is 36.3 Å². The molecule has 0 saturated heterocycles. The van der Waals surface area contributed by atoms with Crippen LogP contribution in [-0.2, 0) is 0 Å². The van der Waals surface area contributed by atoms with E-state index in [0.717, 1.165) is 0 Å². The van der Waals surface area contributed by atoms with E-state index in [0.29, 0.717) is 12.0 Å². The summed E-state index contributed by atoms with van der Waals surface area (Å²) in [5.74, 6) is 0.507. The van der Waals surface area contributed by atoms with Crippen LogP contribution in [0.2, 0.25) is 0 Å². The van der Waals surface area contributed by atoms with Crippen LogP contribution in [0.5, 0.6) is 0 Å². The highest BCUT2D eigenvalue weighted by Gasteiger charge is 2.25. The van der Waals surface area contributed by atoms with E-state index >= 15 is 0 Å². The predicted molar refractivity (Wildman–Crippen MR) is 54.6 cm³/mol. The smallest absolute Gasteiger partial charge is 0.0792 e. The molecule has 0 spiro atoms. The van der Waals surface area contributed by atoms with E-state index in [1.54, 1.807) is 0 Å². The summed E-state index contributed by atoms with van der Waals surface area (Å²) in [6.45, 7) is 2.20. The summed E-state index contributed by atoms with van der Waals surface area (Å²) in [7, 11) is 2.03. The molecular weight excluding hydrogens is 160 g/mol. The van der Waals surface area contributed by atoms with Gasteiger partial charge < -0.3 is 0 Å². The zero-order valence-electron chi connectivity index (χ0n) is 8.01. The second-order valence-corrected chi connectivity index (χ2v) is 3.55. The molecular formula is C11H14N2. The second-order valence-electron chi connectivity index (χ2n) is 3.55. The number of rotatable bonds is 1. The molecule has 2 nitrogen and oxygen atoms in total. The fourth-order valence-electron chi connectivity index (χ4n) is 1.87. The lowest BCUT2D eigenvalue weighted by atomic mass is 9.96. The molecule has 2 atom stereocenters. The first-order chi connectivity index (χ1) is 6.29. The van der Waals surface area contributed by atoms with Crippen LogP contribution < -0.4 is 0 Å². The van der Waals surface area contributed by atoms with Crippen LogP contribution >= 0.6 is 0 Å². The normalized spacial score (nSPS) is 26.8. The van der Waals surface area contributed by atoms with Crippen molar-refractivity contribution in [1.82, 2.24) is 5.01 Å². The van der Waals surface area contributed by atoms with Crippen molar-refractivity contribution in [2.45, 2.75) is 13.0 Å². The lowest BCUT2D eigenvalue weighted by molar-refractivity contribution is 0.257. The summed E-state index contributed by atoms with van der Waals surface area (Å²) < 4.78 is 0. The van der Waals surface area contributed by atoms with Crippen molar-refractivity contribution in [3.63, 3.8) is 0 Å². The Bertz CT molecular complexity index is 293. The number of hydrogen-bond donors (Lipinski definition) is 0. The first-order valence-electron chi connectivity index (χ1n) is 4.61. The van der Waals surface area contributed by atoms with Gasteiger partial charge in [-0.3, -0.25) is 5.01 Å². The van der Waals surface area contributed by atoms with E-state index in [-0.39, 0.29) is 0 Å². The minimum atomic E-state index is 0.418. The topological polar surface area (TPSA) is 15.6 Å². The summed E-state index contributed by atoms with van der Waals surface area (Å²) >= 11 is 0. The third-order valence-corrected chi connectivity index (χ3v) is 2.53. The maximum atomic E-state index is 4.28. The molecule has 0 aromatic heterocycles. The van der Waals surface area contributed by atoms with Crippen LogP contribution in [0.4, 0.5) is 0 Å². The lowest BCUT2D eigenvalue weighted by Gasteiger charge is -2.22. The molecule has 2 rings (SSSR count). The van der Waals surface area contributed by atoms with Crippen LogP contribution in [0.3, 0.4) is 0 Å². The first kappa shape index (κ1) is 8.30. The summed E-state index contributed by atoms with van der Waals surface area (Å²) in [4.78, 5) is 0. The largest absolute Gasteiger partial charge is 0.292 e. The molecule has 1 aromatic carbocycles. The van der Waals surface area contributed by atoms with E-state index in [9.17, 15) is 0 Å². The van der Waals surface area contributed by atoms with Crippen LogP contribution in [0.15, 0.2) is 35.4 Å². The van der Waals surface area contributed by atoms with Crippen LogP contribution in [0.1, 0.15) is 18.5 Å². The molecule has 1 heterocycles. The highest BCUT2D eigenvalue weighted by atomic mass is 15.5. The summed E-state index contributed by atoms with van der Waals surface area (Å²) in [5.41, 5.74) is 1.34. The Hall–Kier alpha value is -1.31. The van der Waals surface area contributed by atoms with E-state index in [4.69, 9.17) is 0 Å². The Balaban J connectivity index is 2.27. The van der Waals surface area contributed by atoms with Gasteiger partial charge in [0.1, 0.15) is 0 Å². The third kappa shape index (κ3) is 1.44. The lowest BCUT2D eigenvalue weighted by Crippen LogP contribution is -2.18. The van der Waals surface area contributed by atoms with Crippen molar-refractivity contribution in [3.05, 3.63) is 35.9 Å². The van der Waals surface area contributed by atoms with Crippen molar-refractivity contribution in [1.29, 1.82) is 0 Å². The molecule has 0 radical (unpaired) electrons. The fraction of sp³-hybridized carbons (Fsp3) is 0.364. The van der Waals surface area contributed by atoms with Crippen LogP contribution in [-0.4, -0.2) is 18.3 Å². The van der Waals surface area contributed by atoms with Gasteiger partial charge in [0.2, 0.25) is 0 Å². The predicted octanol–water partition coefficient (Wildman–Crippen LogP) is 2.29. The first-order valence-corrected chi connectivity index (χ1v) is 4.61. The minimum Gasteiger partial charge on any atom is -0.292 e. The van der Waals surface area contributed by atoms with Gasteiger partial charge in [0, 0.05) is 19.2 Å². The van der Waals surface area contributed by atoms with Crippen molar-refractivity contribution >= 4 is 6.21 Å². The molecule has 0 amide bonds. The van der Waals surface area contributed by atoms with E-state index in [1.807, 2.05) is 24.3 Å². The van der Waals surface area contributed by atoms with Gasteiger partial charge in [-0.1, -0.05) is 37.3 Å². The second kappa shape index (κ2) is 3.21. The third-order valence-electron chi connectivity index (χ3n) is 2.53. The zero-order chi connectivity index (χ0) is 9.26. The SMILES string of the molecule is CC1C=NN(C)C1c1ccccc1. The zero-order valence-corrected chi connectivity index (χ0v) is 8.01. The van der Waals surface area contributed by atoms with Gasteiger partial charge in [-0.2, -0.15) is 5.10 Å². The van der Waals surface area contributed by atoms with Crippen LogP contribution in [0.25, 0.3) is 0 Å². The van der Waals surface area contributed by atoms with Crippen LogP contribution in [0, 0.1) is 5.92 Å². The standard InChI is InChI=1S/C11H14N2/c1-9-8-12-13(2)11(9)10-6-4-3-5-7-10/h3-9,11H,1-2H3. The Morgan fingerprint density at radius 1 is 1.23 bits per heavy atom. The molecule has 1 aromatic rings. The number of hydrogen-bond acceptors (Lipinski definition) is 2. The average Bonchev–Trinajstić information content (AvgIpc) is 2.48. The average molecular weight is 174 g/mol. The molecule has 0 bridgehead atoms. The minimum absolute atomic E-state index is 0.418. The molecule has 13 heavy (non-hydrogen) atoms. The number of nitrogens with zero attached hydrogens (tertiary/aromatic N) is 2. The molecule has 2 heteroatoms. The van der Waals surface area contributed by atoms with Gasteiger partial charge in [0.15, 0.2) is 0 Å².